The summed E-state index contributed by atoms with van der Waals surface area (Å²) in [6.07, 6.45) is 3.49. The number of hydrogen-bond donors (Lipinski definition) is 0. The first kappa shape index (κ1) is 15.6. The van der Waals surface area contributed by atoms with E-state index in [4.69, 9.17) is 4.42 Å². The van der Waals surface area contributed by atoms with Gasteiger partial charge in [0.2, 0.25) is 0 Å². The van der Waals surface area contributed by atoms with E-state index in [1.54, 1.807) is 17.2 Å². The van der Waals surface area contributed by atoms with Crippen LogP contribution >= 0.6 is 11.8 Å². The van der Waals surface area contributed by atoms with Crippen LogP contribution in [-0.2, 0) is 0 Å². The Labute approximate surface area is 128 Å². The number of furan rings is 1. The van der Waals surface area contributed by atoms with Gasteiger partial charge in [-0.3, -0.25) is 4.79 Å². The van der Waals surface area contributed by atoms with Gasteiger partial charge in [0.25, 0.3) is 5.91 Å². The molecule has 0 fully saturated rings. The highest BCUT2D eigenvalue weighted by Gasteiger charge is 2.22. The maximum Gasteiger partial charge on any atom is 0.258 e. The predicted molar refractivity (Wildman–Crippen MR) is 83.5 cm³/mol. The highest BCUT2D eigenvalue weighted by Crippen LogP contribution is 2.26. The minimum absolute atomic E-state index is 0.0205. The summed E-state index contributed by atoms with van der Waals surface area (Å²) in [5.41, 5.74) is 1.26. The lowest BCUT2D eigenvalue weighted by molar-refractivity contribution is 0.0767. The van der Waals surface area contributed by atoms with Crippen molar-refractivity contribution in [1.29, 1.82) is 0 Å². The standard InChI is InChI=1S/C15H19N3O2S/c1-5-18(6-2)15(19)12-10(3)16-13(17-14(12)21-4)11-8-7-9-20-11/h7-9H,5-6H2,1-4H3. The Morgan fingerprint density at radius 2 is 2.05 bits per heavy atom. The van der Waals surface area contributed by atoms with Crippen LogP contribution in [0, 0.1) is 6.92 Å². The Morgan fingerprint density at radius 1 is 1.33 bits per heavy atom. The molecule has 6 heteroatoms. The first-order valence-electron chi connectivity index (χ1n) is 6.88. The quantitative estimate of drug-likeness (QED) is 0.627. The van der Waals surface area contributed by atoms with Gasteiger partial charge in [-0.1, -0.05) is 0 Å². The Bertz CT molecular complexity index is 622. The van der Waals surface area contributed by atoms with E-state index in [2.05, 4.69) is 9.97 Å². The molecule has 0 unspecified atom stereocenters. The van der Waals surface area contributed by atoms with Gasteiger partial charge in [-0.25, -0.2) is 9.97 Å². The highest BCUT2D eigenvalue weighted by atomic mass is 32.2. The van der Waals surface area contributed by atoms with Crippen molar-refractivity contribution < 1.29 is 9.21 Å². The van der Waals surface area contributed by atoms with Crippen molar-refractivity contribution in [3.63, 3.8) is 0 Å². The van der Waals surface area contributed by atoms with Gasteiger partial charge in [0.05, 0.1) is 17.5 Å². The molecule has 112 valence electrons. The lowest BCUT2D eigenvalue weighted by Gasteiger charge is -2.20. The second-order valence-corrected chi connectivity index (χ2v) is 5.27. The van der Waals surface area contributed by atoms with E-state index in [-0.39, 0.29) is 5.91 Å². The van der Waals surface area contributed by atoms with Gasteiger partial charge in [0, 0.05) is 13.1 Å². The molecule has 0 bridgehead atoms. The van der Waals surface area contributed by atoms with E-state index in [0.29, 0.717) is 41.0 Å². The molecule has 0 saturated carbocycles. The molecule has 0 atom stereocenters. The first-order chi connectivity index (χ1) is 10.1. The van der Waals surface area contributed by atoms with Crippen molar-refractivity contribution in [2.24, 2.45) is 0 Å². The van der Waals surface area contributed by atoms with Crippen LogP contribution in [-0.4, -0.2) is 40.1 Å². The normalized spacial score (nSPS) is 10.7. The summed E-state index contributed by atoms with van der Waals surface area (Å²) in [6, 6.07) is 3.60. The second-order valence-electron chi connectivity index (χ2n) is 4.47. The number of amides is 1. The Kier molecular flexibility index (Phi) is 5.01. The molecule has 2 aromatic rings. The molecule has 21 heavy (non-hydrogen) atoms. The van der Waals surface area contributed by atoms with Gasteiger partial charge in [-0.05, 0) is 39.2 Å². The Morgan fingerprint density at radius 3 is 2.57 bits per heavy atom. The Hall–Kier alpha value is -1.82. The number of thioether (sulfide) groups is 1. The van der Waals surface area contributed by atoms with Gasteiger partial charge >= 0.3 is 0 Å². The van der Waals surface area contributed by atoms with Crippen molar-refractivity contribution in [1.82, 2.24) is 14.9 Å². The summed E-state index contributed by atoms with van der Waals surface area (Å²) in [4.78, 5) is 23.3. The van der Waals surface area contributed by atoms with Crippen molar-refractivity contribution in [2.75, 3.05) is 19.3 Å². The maximum absolute atomic E-state index is 12.6. The van der Waals surface area contributed by atoms with E-state index in [1.807, 2.05) is 33.1 Å². The molecule has 5 nitrogen and oxygen atoms in total. The summed E-state index contributed by atoms with van der Waals surface area (Å²) in [5, 5.41) is 0.686. The number of carbonyl (C=O) groups excluding carboxylic acids is 1. The predicted octanol–water partition coefficient (Wildman–Crippen LogP) is 3.25. The molecule has 0 aliphatic rings. The number of nitrogens with zero attached hydrogens (tertiary/aromatic N) is 3. The van der Waals surface area contributed by atoms with Gasteiger partial charge in [0.1, 0.15) is 5.03 Å². The molecular weight excluding hydrogens is 286 g/mol. The van der Waals surface area contributed by atoms with Gasteiger partial charge in [0.15, 0.2) is 11.6 Å². The lowest BCUT2D eigenvalue weighted by Crippen LogP contribution is -2.32. The van der Waals surface area contributed by atoms with Gasteiger partial charge in [-0.2, -0.15) is 0 Å². The van der Waals surface area contributed by atoms with Crippen LogP contribution in [0.25, 0.3) is 11.6 Å². The average Bonchev–Trinajstić information content (AvgIpc) is 3.01. The molecule has 0 N–H and O–H groups in total. The van der Waals surface area contributed by atoms with Crippen molar-refractivity contribution in [3.05, 3.63) is 29.7 Å². The van der Waals surface area contributed by atoms with Gasteiger partial charge < -0.3 is 9.32 Å². The van der Waals surface area contributed by atoms with Crippen molar-refractivity contribution in [3.8, 4) is 11.6 Å². The van der Waals surface area contributed by atoms with E-state index < -0.39 is 0 Å². The van der Waals surface area contributed by atoms with Crippen molar-refractivity contribution >= 4 is 17.7 Å². The van der Waals surface area contributed by atoms with Crippen LogP contribution < -0.4 is 0 Å². The molecule has 0 radical (unpaired) electrons. The van der Waals surface area contributed by atoms with Crippen LogP contribution in [0.1, 0.15) is 29.9 Å². The smallest absolute Gasteiger partial charge is 0.258 e. The van der Waals surface area contributed by atoms with Crippen LogP contribution in [0.15, 0.2) is 27.8 Å². The maximum atomic E-state index is 12.6. The highest BCUT2D eigenvalue weighted by molar-refractivity contribution is 7.98. The topological polar surface area (TPSA) is 59.2 Å². The fraction of sp³-hybridized carbons (Fsp3) is 0.400. The second kappa shape index (κ2) is 6.76. The largest absolute Gasteiger partial charge is 0.461 e. The Balaban J connectivity index is 2.50. The molecule has 0 aromatic carbocycles. The van der Waals surface area contributed by atoms with Crippen LogP contribution in [0.4, 0.5) is 0 Å². The molecule has 2 heterocycles. The van der Waals surface area contributed by atoms with Crippen LogP contribution in [0.5, 0.6) is 0 Å². The third kappa shape index (κ3) is 3.10. The zero-order valence-corrected chi connectivity index (χ0v) is 13.5. The van der Waals surface area contributed by atoms with E-state index >= 15 is 0 Å². The summed E-state index contributed by atoms with van der Waals surface area (Å²) < 4.78 is 5.33. The first-order valence-corrected chi connectivity index (χ1v) is 8.10. The summed E-state index contributed by atoms with van der Waals surface area (Å²) in [7, 11) is 0. The molecule has 0 saturated heterocycles. The fourth-order valence-electron chi connectivity index (χ4n) is 2.13. The zero-order valence-electron chi connectivity index (χ0n) is 12.7. The number of aromatic nitrogens is 2. The van der Waals surface area contributed by atoms with E-state index in [0.717, 1.165) is 0 Å². The molecule has 2 rings (SSSR count). The van der Waals surface area contributed by atoms with Gasteiger partial charge in [-0.15, -0.1) is 11.8 Å². The number of aryl methyl sites for hydroxylation is 1. The summed E-state index contributed by atoms with van der Waals surface area (Å²) >= 11 is 1.45. The average molecular weight is 305 g/mol. The van der Waals surface area contributed by atoms with E-state index in [1.165, 1.54) is 11.8 Å². The SMILES string of the molecule is CCN(CC)C(=O)c1c(C)nc(-c2ccco2)nc1SC. The minimum atomic E-state index is -0.0205. The third-order valence-electron chi connectivity index (χ3n) is 3.26. The molecular formula is C15H19N3O2S. The number of rotatable bonds is 5. The molecule has 2 aromatic heterocycles. The third-order valence-corrected chi connectivity index (χ3v) is 3.94. The lowest BCUT2D eigenvalue weighted by atomic mass is 10.2. The summed E-state index contributed by atoms with van der Waals surface area (Å²) in [5.74, 6) is 1.10. The number of hydrogen-bond acceptors (Lipinski definition) is 5. The monoisotopic (exact) mass is 305 g/mol. The summed E-state index contributed by atoms with van der Waals surface area (Å²) in [6.45, 7) is 7.11. The molecule has 1 amide bonds. The zero-order chi connectivity index (χ0) is 15.4. The fourth-order valence-corrected chi connectivity index (χ4v) is 2.74. The minimum Gasteiger partial charge on any atom is -0.461 e. The molecule has 0 aliphatic carbocycles. The molecule has 0 aliphatic heterocycles. The van der Waals surface area contributed by atoms with E-state index in [9.17, 15) is 4.79 Å². The number of carbonyl (C=O) groups is 1. The van der Waals surface area contributed by atoms with Crippen LogP contribution in [0.3, 0.4) is 0 Å². The van der Waals surface area contributed by atoms with Crippen molar-refractivity contribution in [2.45, 2.75) is 25.8 Å². The van der Waals surface area contributed by atoms with Crippen LogP contribution in [0.2, 0.25) is 0 Å². The molecule has 0 spiro atoms.